The molecule has 0 atom stereocenters. The molecule has 0 unspecified atom stereocenters. The van der Waals surface area contributed by atoms with Crippen molar-refractivity contribution in [3.05, 3.63) is 34.4 Å². The second kappa shape index (κ2) is 6.95. The van der Waals surface area contributed by atoms with Crippen LogP contribution >= 0.6 is 0 Å². The fourth-order valence-electron chi connectivity index (χ4n) is 3.38. The Kier molecular flexibility index (Phi) is 5.26. The number of allylic oxidation sites excluding steroid dienone is 2. The minimum Gasteiger partial charge on any atom is -0.376 e. The van der Waals surface area contributed by atoms with Gasteiger partial charge in [0.1, 0.15) is 0 Å². The maximum atomic E-state index is 5.73. The first-order valence-corrected chi connectivity index (χ1v) is 7.78. The molecule has 0 bridgehead atoms. The van der Waals surface area contributed by atoms with Gasteiger partial charge in [-0.3, -0.25) is 0 Å². The predicted octanol–water partition coefficient (Wildman–Crippen LogP) is 4.81. The highest BCUT2D eigenvalue weighted by atomic mass is 16.5. The molecule has 0 aromatic carbocycles. The average Bonchev–Trinajstić information content (AvgIpc) is 2.48. The van der Waals surface area contributed by atoms with Gasteiger partial charge in [0, 0.05) is 5.57 Å². The Labute approximate surface area is 123 Å². The standard InChI is InChI=1S/C19H26O/c1-5-17(14(2)3)18-11-12-20-13-19(18)15(4)16-9-7-6-8-10-16/h1,16H,4,6-13H2,2-3H3. The average molecular weight is 270 g/mol. The first kappa shape index (κ1) is 15.1. The molecule has 1 saturated carbocycles. The van der Waals surface area contributed by atoms with E-state index in [1.807, 2.05) is 0 Å². The normalized spacial score (nSPS) is 20.4. The van der Waals surface area contributed by atoms with Gasteiger partial charge in [0.15, 0.2) is 0 Å². The maximum absolute atomic E-state index is 5.73. The van der Waals surface area contributed by atoms with Crippen LogP contribution in [-0.2, 0) is 4.74 Å². The van der Waals surface area contributed by atoms with Crippen LogP contribution in [-0.4, -0.2) is 13.2 Å². The van der Waals surface area contributed by atoms with E-state index in [9.17, 15) is 0 Å². The summed E-state index contributed by atoms with van der Waals surface area (Å²) in [5, 5.41) is 0. The van der Waals surface area contributed by atoms with Crippen LogP contribution in [0.3, 0.4) is 0 Å². The van der Waals surface area contributed by atoms with Crippen molar-refractivity contribution in [2.45, 2.75) is 52.4 Å². The molecule has 1 heterocycles. The van der Waals surface area contributed by atoms with Crippen LogP contribution in [0.2, 0.25) is 0 Å². The largest absolute Gasteiger partial charge is 0.376 e. The summed E-state index contributed by atoms with van der Waals surface area (Å²) in [5.74, 6) is 3.52. The van der Waals surface area contributed by atoms with Crippen molar-refractivity contribution in [2.75, 3.05) is 13.2 Å². The quantitative estimate of drug-likeness (QED) is 0.669. The first-order valence-electron chi connectivity index (χ1n) is 7.78. The smallest absolute Gasteiger partial charge is 0.0722 e. The summed E-state index contributed by atoms with van der Waals surface area (Å²) in [6.07, 6.45) is 13.2. The van der Waals surface area contributed by atoms with Crippen molar-refractivity contribution >= 4 is 0 Å². The van der Waals surface area contributed by atoms with Crippen LogP contribution in [0.15, 0.2) is 34.4 Å². The lowest BCUT2D eigenvalue weighted by Gasteiger charge is -2.29. The van der Waals surface area contributed by atoms with Gasteiger partial charge in [-0.25, -0.2) is 0 Å². The van der Waals surface area contributed by atoms with Crippen molar-refractivity contribution in [2.24, 2.45) is 5.92 Å². The Morgan fingerprint density at radius 1 is 1.20 bits per heavy atom. The maximum Gasteiger partial charge on any atom is 0.0722 e. The van der Waals surface area contributed by atoms with E-state index in [4.69, 9.17) is 11.2 Å². The van der Waals surface area contributed by atoms with E-state index >= 15 is 0 Å². The third-order valence-electron chi connectivity index (χ3n) is 4.54. The van der Waals surface area contributed by atoms with Gasteiger partial charge in [-0.05, 0) is 55.7 Å². The second-order valence-electron chi connectivity index (χ2n) is 6.14. The number of hydrogen-bond donors (Lipinski definition) is 0. The van der Waals surface area contributed by atoms with Crippen LogP contribution in [0, 0.1) is 18.3 Å². The van der Waals surface area contributed by atoms with Crippen LogP contribution in [0.25, 0.3) is 0 Å². The van der Waals surface area contributed by atoms with E-state index in [1.54, 1.807) is 0 Å². The van der Waals surface area contributed by atoms with Crippen molar-refractivity contribution in [1.29, 1.82) is 0 Å². The SMILES string of the molecule is C#CC(=C(C)C)C1=C(C(=C)C2CCCCC2)COCC1. The van der Waals surface area contributed by atoms with Gasteiger partial charge in [0.25, 0.3) is 0 Å². The van der Waals surface area contributed by atoms with Gasteiger partial charge in [-0.2, -0.15) is 0 Å². The van der Waals surface area contributed by atoms with Gasteiger partial charge in [-0.15, -0.1) is 6.42 Å². The minimum absolute atomic E-state index is 0.631. The lowest BCUT2D eigenvalue weighted by molar-refractivity contribution is 0.147. The van der Waals surface area contributed by atoms with Crippen LogP contribution in [0.5, 0.6) is 0 Å². The Morgan fingerprint density at radius 3 is 2.50 bits per heavy atom. The molecule has 0 spiro atoms. The van der Waals surface area contributed by atoms with Gasteiger partial charge in [0.05, 0.1) is 13.2 Å². The monoisotopic (exact) mass is 270 g/mol. The molecule has 1 heteroatoms. The van der Waals surface area contributed by atoms with E-state index in [2.05, 4.69) is 26.3 Å². The van der Waals surface area contributed by atoms with Gasteiger partial charge in [0.2, 0.25) is 0 Å². The molecule has 0 radical (unpaired) electrons. The topological polar surface area (TPSA) is 9.23 Å². The van der Waals surface area contributed by atoms with Gasteiger partial charge >= 0.3 is 0 Å². The number of terminal acetylenes is 1. The molecule has 1 fully saturated rings. The fourth-order valence-corrected chi connectivity index (χ4v) is 3.38. The third kappa shape index (κ3) is 3.25. The molecule has 1 aliphatic carbocycles. The van der Waals surface area contributed by atoms with Crippen LogP contribution < -0.4 is 0 Å². The van der Waals surface area contributed by atoms with Gasteiger partial charge < -0.3 is 4.74 Å². The molecule has 2 aliphatic rings. The summed E-state index contributed by atoms with van der Waals surface area (Å²) in [4.78, 5) is 0. The number of hydrogen-bond acceptors (Lipinski definition) is 1. The third-order valence-corrected chi connectivity index (χ3v) is 4.54. The molecule has 0 aromatic heterocycles. The predicted molar refractivity (Wildman–Crippen MR) is 85.4 cm³/mol. The van der Waals surface area contributed by atoms with Crippen molar-refractivity contribution in [1.82, 2.24) is 0 Å². The highest BCUT2D eigenvalue weighted by Gasteiger charge is 2.24. The molecule has 1 nitrogen and oxygen atoms in total. The summed E-state index contributed by atoms with van der Waals surface area (Å²) >= 11 is 0. The molecule has 0 aromatic rings. The van der Waals surface area contributed by atoms with E-state index in [-0.39, 0.29) is 0 Å². The minimum atomic E-state index is 0.631. The molecule has 0 amide bonds. The lowest BCUT2D eigenvalue weighted by Crippen LogP contribution is -2.19. The van der Waals surface area contributed by atoms with Crippen molar-refractivity contribution in [3.8, 4) is 12.3 Å². The summed E-state index contributed by atoms with van der Waals surface area (Å²) in [7, 11) is 0. The summed E-state index contributed by atoms with van der Waals surface area (Å²) in [6, 6.07) is 0. The molecule has 0 N–H and O–H groups in total. The highest BCUT2D eigenvalue weighted by molar-refractivity contribution is 5.54. The van der Waals surface area contributed by atoms with E-state index < -0.39 is 0 Å². The summed E-state index contributed by atoms with van der Waals surface area (Å²) < 4.78 is 5.69. The van der Waals surface area contributed by atoms with Crippen molar-refractivity contribution in [3.63, 3.8) is 0 Å². The Hall–Kier alpha value is -1.26. The summed E-state index contributed by atoms with van der Waals surface area (Å²) in [5.41, 5.74) is 6.18. The first-order chi connectivity index (χ1) is 9.65. The number of ether oxygens (including phenoxy) is 1. The second-order valence-corrected chi connectivity index (χ2v) is 6.14. The molecular weight excluding hydrogens is 244 g/mol. The summed E-state index contributed by atoms with van der Waals surface area (Å²) in [6.45, 7) is 10.0. The van der Waals surface area contributed by atoms with E-state index in [0.29, 0.717) is 12.5 Å². The molecule has 20 heavy (non-hydrogen) atoms. The molecule has 0 saturated heterocycles. The van der Waals surface area contributed by atoms with Gasteiger partial charge in [-0.1, -0.05) is 37.3 Å². The fraction of sp³-hybridized carbons (Fsp3) is 0.579. The zero-order valence-corrected chi connectivity index (χ0v) is 12.9. The van der Waals surface area contributed by atoms with E-state index in [1.165, 1.54) is 54.4 Å². The molecule has 1 aliphatic heterocycles. The molecular formula is C19H26O. The van der Waals surface area contributed by atoms with E-state index in [0.717, 1.165) is 18.6 Å². The zero-order valence-electron chi connectivity index (χ0n) is 12.9. The number of rotatable bonds is 3. The molecule has 108 valence electrons. The van der Waals surface area contributed by atoms with Crippen LogP contribution in [0.4, 0.5) is 0 Å². The van der Waals surface area contributed by atoms with Crippen LogP contribution in [0.1, 0.15) is 52.4 Å². The Bertz CT molecular complexity index is 474. The van der Waals surface area contributed by atoms with Crippen molar-refractivity contribution < 1.29 is 4.74 Å². The zero-order chi connectivity index (χ0) is 14.5. The molecule has 2 rings (SSSR count). The lowest BCUT2D eigenvalue weighted by atomic mass is 9.78. The highest BCUT2D eigenvalue weighted by Crippen LogP contribution is 2.37. The Balaban J connectivity index is 2.33. The Morgan fingerprint density at radius 2 is 1.90 bits per heavy atom.